The van der Waals surface area contributed by atoms with E-state index in [0.29, 0.717) is 0 Å². The van der Waals surface area contributed by atoms with E-state index in [0.717, 1.165) is 49.2 Å². The highest BCUT2D eigenvalue weighted by atomic mass is 16.3. The topological polar surface area (TPSA) is 72.1 Å². The molecule has 4 rings (SSSR count). The number of carbonyl (C=O) groups is 1. The first-order valence-electron chi connectivity index (χ1n) is 8.16. The number of oxazole rings is 1. The van der Waals surface area contributed by atoms with Crippen molar-refractivity contribution in [3.8, 4) is 0 Å². The van der Waals surface area contributed by atoms with Gasteiger partial charge in [-0.15, -0.1) is 0 Å². The van der Waals surface area contributed by atoms with Crippen LogP contribution in [-0.4, -0.2) is 38.7 Å². The fourth-order valence-corrected chi connectivity index (χ4v) is 3.17. The van der Waals surface area contributed by atoms with E-state index >= 15 is 0 Å². The lowest BCUT2D eigenvalue weighted by Gasteiger charge is -2.30. The Morgan fingerprint density at radius 3 is 2.71 bits per heavy atom. The Balaban J connectivity index is 1.38. The number of carbonyl (C=O) groups excluding carboxylic acids is 1. The summed E-state index contributed by atoms with van der Waals surface area (Å²) in [4.78, 5) is 27.7. The van der Waals surface area contributed by atoms with Crippen LogP contribution in [0.15, 0.2) is 47.3 Å². The number of nitrogens with zero attached hydrogens (tertiary/aromatic N) is 4. The first-order valence-corrected chi connectivity index (χ1v) is 8.16. The van der Waals surface area contributed by atoms with Crippen molar-refractivity contribution in [2.75, 3.05) is 13.1 Å². The normalized spacial score (nSPS) is 16.5. The Labute approximate surface area is 139 Å². The van der Waals surface area contributed by atoms with Crippen molar-refractivity contribution in [1.82, 2.24) is 19.9 Å². The predicted molar refractivity (Wildman–Crippen MR) is 88.4 cm³/mol. The van der Waals surface area contributed by atoms with Crippen LogP contribution in [0.3, 0.4) is 0 Å². The van der Waals surface area contributed by atoms with Gasteiger partial charge in [0, 0.05) is 12.5 Å². The lowest BCUT2D eigenvalue weighted by molar-refractivity contribution is 0.0798. The molecule has 0 aliphatic carbocycles. The number of likely N-dealkylation sites (tertiary alicyclic amines) is 1. The molecule has 1 saturated heterocycles. The average Bonchev–Trinajstić information content (AvgIpc) is 3.16. The molecule has 0 atom stereocenters. The lowest BCUT2D eigenvalue weighted by Crippen LogP contribution is -2.36. The van der Waals surface area contributed by atoms with Crippen LogP contribution >= 0.6 is 0 Å². The monoisotopic (exact) mass is 322 g/mol. The van der Waals surface area contributed by atoms with Gasteiger partial charge in [0.2, 0.25) is 5.78 Å². The smallest absolute Gasteiger partial charge is 0.263 e. The van der Waals surface area contributed by atoms with E-state index in [9.17, 15) is 4.79 Å². The maximum atomic E-state index is 12.3. The van der Waals surface area contributed by atoms with Gasteiger partial charge in [-0.1, -0.05) is 12.1 Å². The molecule has 24 heavy (non-hydrogen) atoms. The molecule has 0 unspecified atom stereocenters. The van der Waals surface area contributed by atoms with Crippen LogP contribution in [-0.2, 0) is 6.54 Å². The van der Waals surface area contributed by atoms with Gasteiger partial charge in [-0.05, 0) is 38.1 Å². The van der Waals surface area contributed by atoms with E-state index in [-0.39, 0.29) is 17.6 Å². The molecule has 1 aliphatic rings. The molecule has 1 fully saturated rings. The fraction of sp³-hybridized carbons (Fsp3) is 0.333. The van der Waals surface area contributed by atoms with Gasteiger partial charge in [-0.3, -0.25) is 14.7 Å². The van der Waals surface area contributed by atoms with Crippen molar-refractivity contribution in [3.05, 3.63) is 54.5 Å². The number of para-hydroxylation sites is 2. The van der Waals surface area contributed by atoms with Gasteiger partial charge in [-0.2, -0.15) is 0 Å². The summed E-state index contributed by atoms with van der Waals surface area (Å²) in [6, 6.07) is 7.88. The van der Waals surface area contributed by atoms with E-state index in [1.54, 1.807) is 0 Å². The van der Waals surface area contributed by atoms with Crippen LogP contribution in [0.1, 0.15) is 29.2 Å². The largest absolute Gasteiger partial charge is 0.442 e. The summed E-state index contributed by atoms with van der Waals surface area (Å²) in [6.45, 7) is 2.50. The standard InChI is InChI=1S/C18H18N4O2/c23-17(18-19-7-10-24-18)13-5-8-22(9-6-13)12-14-11-20-15-3-1-2-4-16(15)21-14/h1-4,7,10-11,13H,5-6,8-9,12H2. The molecular formula is C18H18N4O2. The van der Waals surface area contributed by atoms with Gasteiger partial charge in [0.15, 0.2) is 0 Å². The molecule has 2 aromatic heterocycles. The number of fused-ring (bicyclic) bond motifs is 1. The third-order valence-corrected chi connectivity index (χ3v) is 4.49. The van der Waals surface area contributed by atoms with Crippen LogP contribution in [0.5, 0.6) is 0 Å². The van der Waals surface area contributed by atoms with Crippen molar-refractivity contribution in [1.29, 1.82) is 0 Å². The maximum absolute atomic E-state index is 12.3. The van der Waals surface area contributed by atoms with E-state index in [4.69, 9.17) is 4.42 Å². The van der Waals surface area contributed by atoms with E-state index in [1.807, 2.05) is 30.5 Å². The number of rotatable bonds is 4. The molecule has 3 heterocycles. The molecule has 6 heteroatoms. The van der Waals surface area contributed by atoms with Gasteiger partial charge in [0.1, 0.15) is 6.26 Å². The molecule has 1 aliphatic heterocycles. The second-order valence-electron chi connectivity index (χ2n) is 6.10. The highest BCUT2D eigenvalue weighted by Crippen LogP contribution is 2.22. The molecule has 0 spiro atoms. The summed E-state index contributed by atoms with van der Waals surface area (Å²) >= 11 is 0. The Bertz CT molecular complexity index is 839. The van der Waals surface area contributed by atoms with Crippen LogP contribution in [0, 0.1) is 5.92 Å². The Morgan fingerprint density at radius 2 is 1.96 bits per heavy atom. The highest BCUT2D eigenvalue weighted by molar-refractivity contribution is 5.93. The quantitative estimate of drug-likeness (QED) is 0.688. The van der Waals surface area contributed by atoms with Crippen molar-refractivity contribution in [2.45, 2.75) is 19.4 Å². The number of hydrogen-bond donors (Lipinski definition) is 0. The van der Waals surface area contributed by atoms with Gasteiger partial charge in [-0.25, -0.2) is 9.97 Å². The number of hydrogen-bond acceptors (Lipinski definition) is 6. The number of ketones is 1. The molecule has 0 bridgehead atoms. The van der Waals surface area contributed by atoms with Crippen molar-refractivity contribution in [2.24, 2.45) is 5.92 Å². The van der Waals surface area contributed by atoms with Crippen molar-refractivity contribution >= 4 is 16.8 Å². The SMILES string of the molecule is O=C(c1ncco1)C1CCN(Cc2cnc3ccccc3n2)CC1. The summed E-state index contributed by atoms with van der Waals surface area (Å²) in [7, 11) is 0. The highest BCUT2D eigenvalue weighted by Gasteiger charge is 2.28. The number of benzene rings is 1. The number of aromatic nitrogens is 3. The summed E-state index contributed by atoms with van der Waals surface area (Å²) in [5.41, 5.74) is 2.80. The first kappa shape index (κ1) is 15.0. The maximum Gasteiger partial charge on any atom is 0.263 e. The Hall–Kier alpha value is -2.60. The summed E-state index contributed by atoms with van der Waals surface area (Å²) in [6.07, 6.45) is 6.44. The minimum atomic E-state index is 0.00240. The van der Waals surface area contributed by atoms with Crippen molar-refractivity contribution < 1.29 is 9.21 Å². The molecule has 3 aromatic rings. The molecule has 0 N–H and O–H groups in total. The van der Waals surface area contributed by atoms with Crippen LogP contribution in [0.4, 0.5) is 0 Å². The van der Waals surface area contributed by atoms with Gasteiger partial charge < -0.3 is 4.42 Å². The molecule has 0 saturated carbocycles. The average molecular weight is 322 g/mol. The minimum Gasteiger partial charge on any atom is -0.442 e. The van der Waals surface area contributed by atoms with Crippen LogP contribution in [0.2, 0.25) is 0 Å². The first-order chi connectivity index (χ1) is 11.8. The van der Waals surface area contributed by atoms with E-state index in [1.165, 1.54) is 12.5 Å². The van der Waals surface area contributed by atoms with Gasteiger partial charge >= 0.3 is 0 Å². The van der Waals surface area contributed by atoms with Crippen molar-refractivity contribution in [3.63, 3.8) is 0 Å². The number of piperidine rings is 1. The third kappa shape index (κ3) is 3.05. The predicted octanol–water partition coefficient (Wildman–Crippen LogP) is 2.71. The van der Waals surface area contributed by atoms with Gasteiger partial charge in [0.25, 0.3) is 5.89 Å². The number of Topliss-reactive ketones (excluding diaryl/α,β-unsaturated/α-hetero) is 1. The van der Waals surface area contributed by atoms with Gasteiger partial charge in [0.05, 0.1) is 29.1 Å². The van der Waals surface area contributed by atoms with Crippen LogP contribution in [0.25, 0.3) is 11.0 Å². The lowest BCUT2D eigenvalue weighted by atomic mass is 9.92. The Morgan fingerprint density at radius 1 is 1.17 bits per heavy atom. The molecule has 0 amide bonds. The van der Waals surface area contributed by atoms with E-state index < -0.39 is 0 Å². The second kappa shape index (κ2) is 6.49. The molecule has 0 radical (unpaired) electrons. The molecular weight excluding hydrogens is 304 g/mol. The zero-order chi connectivity index (χ0) is 16.4. The Kier molecular flexibility index (Phi) is 4.04. The van der Waals surface area contributed by atoms with E-state index in [2.05, 4.69) is 19.9 Å². The minimum absolute atomic E-state index is 0.00240. The second-order valence-corrected chi connectivity index (χ2v) is 6.10. The fourth-order valence-electron chi connectivity index (χ4n) is 3.17. The van der Waals surface area contributed by atoms with Crippen LogP contribution < -0.4 is 0 Å². The zero-order valence-electron chi connectivity index (χ0n) is 13.3. The molecule has 122 valence electrons. The zero-order valence-corrected chi connectivity index (χ0v) is 13.3. The summed E-state index contributed by atoms with van der Waals surface area (Å²) < 4.78 is 5.12. The molecule has 6 nitrogen and oxygen atoms in total. The third-order valence-electron chi connectivity index (χ3n) is 4.49. The molecule has 1 aromatic carbocycles. The summed E-state index contributed by atoms with van der Waals surface area (Å²) in [5.74, 6) is 0.251. The summed E-state index contributed by atoms with van der Waals surface area (Å²) in [5, 5.41) is 0.